The number of hydrazine groups is 1. The SMILES string of the molecule is Cc1occc1C(=O)NNC(=O)CNC(=O)C(C)(C)C. The molecular weight excluding hydrogens is 262 g/mol. The summed E-state index contributed by atoms with van der Waals surface area (Å²) in [5, 5.41) is 2.47. The van der Waals surface area contributed by atoms with Crippen LogP contribution in [0.1, 0.15) is 36.9 Å². The van der Waals surface area contributed by atoms with Gasteiger partial charge in [0.05, 0.1) is 18.4 Å². The van der Waals surface area contributed by atoms with Crippen molar-refractivity contribution in [3.63, 3.8) is 0 Å². The second kappa shape index (κ2) is 6.23. The molecule has 0 aliphatic heterocycles. The van der Waals surface area contributed by atoms with E-state index in [0.29, 0.717) is 11.3 Å². The lowest BCUT2D eigenvalue weighted by molar-refractivity contribution is -0.131. The summed E-state index contributed by atoms with van der Waals surface area (Å²) in [4.78, 5) is 34.7. The van der Waals surface area contributed by atoms with E-state index >= 15 is 0 Å². The topological polar surface area (TPSA) is 100 Å². The van der Waals surface area contributed by atoms with Crippen LogP contribution in [0, 0.1) is 12.3 Å². The van der Waals surface area contributed by atoms with Gasteiger partial charge in [-0.05, 0) is 13.0 Å². The maximum Gasteiger partial charge on any atom is 0.273 e. The molecule has 0 aromatic carbocycles. The Hall–Kier alpha value is -2.31. The molecule has 1 heterocycles. The Morgan fingerprint density at radius 3 is 2.35 bits per heavy atom. The number of furan rings is 1. The summed E-state index contributed by atoms with van der Waals surface area (Å²) in [5.41, 5.74) is 4.21. The summed E-state index contributed by atoms with van der Waals surface area (Å²) in [6.07, 6.45) is 1.38. The minimum Gasteiger partial charge on any atom is -0.469 e. The molecule has 1 aromatic heterocycles. The molecule has 0 spiro atoms. The number of carbonyl (C=O) groups excluding carboxylic acids is 3. The van der Waals surface area contributed by atoms with Gasteiger partial charge in [-0.3, -0.25) is 25.2 Å². The highest BCUT2D eigenvalue weighted by Gasteiger charge is 2.21. The van der Waals surface area contributed by atoms with Gasteiger partial charge < -0.3 is 9.73 Å². The number of aryl methyl sites for hydroxylation is 1. The summed E-state index contributed by atoms with van der Waals surface area (Å²) < 4.78 is 4.98. The number of hydrogen-bond donors (Lipinski definition) is 3. The Bertz CT molecular complexity index is 514. The van der Waals surface area contributed by atoms with Crippen LogP contribution in [0.3, 0.4) is 0 Å². The van der Waals surface area contributed by atoms with E-state index in [1.165, 1.54) is 12.3 Å². The molecule has 0 aliphatic carbocycles. The van der Waals surface area contributed by atoms with Gasteiger partial charge in [-0.25, -0.2) is 0 Å². The molecule has 3 N–H and O–H groups in total. The normalized spacial score (nSPS) is 10.8. The van der Waals surface area contributed by atoms with Gasteiger partial charge in [0.2, 0.25) is 5.91 Å². The summed E-state index contributed by atoms with van der Waals surface area (Å²) >= 11 is 0. The second-order valence-corrected chi connectivity index (χ2v) is 5.33. The average molecular weight is 281 g/mol. The molecule has 1 aromatic rings. The smallest absolute Gasteiger partial charge is 0.273 e. The fraction of sp³-hybridized carbons (Fsp3) is 0.462. The molecule has 20 heavy (non-hydrogen) atoms. The van der Waals surface area contributed by atoms with Gasteiger partial charge in [-0.1, -0.05) is 20.8 Å². The molecule has 0 saturated carbocycles. The van der Waals surface area contributed by atoms with E-state index in [1.54, 1.807) is 27.7 Å². The van der Waals surface area contributed by atoms with Gasteiger partial charge in [0.25, 0.3) is 11.8 Å². The number of rotatable bonds is 3. The highest BCUT2D eigenvalue weighted by Crippen LogP contribution is 2.11. The molecule has 0 fully saturated rings. The molecule has 0 bridgehead atoms. The van der Waals surface area contributed by atoms with E-state index in [2.05, 4.69) is 16.2 Å². The van der Waals surface area contributed by atoms with Crippen molar-refractivity contribution in [2.45, 2.75) is 27.7 Å². The van der Waals surface area contributed by atoms with Crippen LogP contribution < -0.4 is 16.2 Å². The van der Waals surface area contributed by atoms with E-state index in [0.717, 1.165) is 0 Å². The molecule has 110 valence electrons. The molecule has 0 radical (unpaired) electrons. The second-order valence-electron chi connectivity index (χ2n) is 5.33. The number of amides is 3. The van der Waals surface area contributed by atoms with Gasteiger partial charge in [0.15, 0.2) is 0 Å². The molecule has 3 amide bonds. The van der Waals surface area contributed by atoms with E-state index in [1.807, 2.05) is 0 Å². The maximum absolute atomic E-state index is 11.7. The monoisotopic (exact) mass is 281 g/mol. The van der Waals surface area contributed by atoms with Crippen LogP contribution in [-0.4, -0.2) is 24.3 Å². The number of carbonyl (C=O) groups is 3. The fourth-order valence-electron chi connectivity index (χ4n) is 1.28. The predicted octanol–water partition coefficient (Wildman–Crippen LogP) is 0.511. The summed E-state index contributed by atoms with van der Waals surface area (Å²) in [7, 11) is 0. The Labute approximate surface area is 117 Å². The predicted molar refractivity (Wildman–Crippen MR) is 71.5 cm³/mol. The van der Waals surface area contributed by atoms with Crippen molar-refractivity contribution < 1.29 is 18.8 Å². The van der Waals surface area contributed by atoms with Crippen LogP contribution in [0.2, 0.25) is 0 Å². The number of nitrogens with one attached hydrogen (secondary N) is 3. The first kappa shape index (κ1) is 15.7. The summed E-state index contributed by atoms with van der Waals surface area (Å²) in [6.45, 7) is 6.65. The average Bonchev–Trinajstić information content (AvgIpc) is 2.78. The Kier molecular flexibility index (Phi) is 4.90. The summed E-state index contributed by atoms with van der Waals surface area (Å²) in [5.74, 6) is -0.786. The lowest BCUT2D eigenvalue weighted by Gasteiger charge is -2.17. The van der Waals surface area contributed by atoms with E-state index < -0.39 is 17.2 Å². The molecule has 7 heteroatoms. The van der Waals surface area contributed by atoms with E-state index in [4.69, 9.17) is 4.42 Å². The molecular formula is C13H19N3O4. The van der Waals surface area contributed by atoms with Crippen molar-refractivity contribution in [2.24, 2.45) is 5.41 Å². The van der Waals surface area contributed by atoms with Crippen molar-refractivity contribution in [2.75, 3.05) is 6.54 Å². The first-order valence-electron chi connectivity index (χ1n) is 6.13. The minimum absolute atomic E-state index is 0.208. The Morgan fingerprint density at radius 1 is 1.20 bits per heavy atom. The molecule has 0 unspecified atom stereocenters. The first-order chi connectivity index (χ1) is 9.21. The van der Waals surface area contributed by atoms with Crippen LogP contribution in [-0.2, 0) is 9.59 Å². The number of hydrogen-bond acceptors (Lipinski definition) is 4. The van der Waals surface area contributed by atoms with Crippen LogP contribution in [0.15, 0.2) is 16.7 Å². The fourth-order valence-corrected chi connectivity index (χ4v) is 1.28. The van der Waals surface area contributed by atoms with Crippen molar-refractivity contribution in [1.82, 2.24) is 16.2 Å². The standard InChI is InChI=1S/C13H19N3O4/c1-8-9(5-6-20-8)11(18)16-15-10(17)7-14-12(19)13(2,3)4/h5-6H,7H2,1-4H3,(H,14,19)(H,15,17)(H,16,18). The van der Waals surface area contributed by atoms with Gasteiger partial charge in [-0.2, -0.15) is 0 Å². The van der Waals surface area contributed by atoms with E-state index in [-0.39, 0.29) is 12.5 Å². The first-order valence-corrected chi connectivity index (χ1v) is 6.13. The highest BCUT2D eigenvalue weighted by atomic mass is 16.3. The van der Waals surface area contributed by atoms with Gasteiger partial charge in [0.1, 0.15) is 5.76 Å². The third-order valence-electron chi connectivity index (χ3n) is 2.51. The van der Waals surface area contributed by atoms with Crippen molar-refractivity contribution in [1.29, 1.82) is 0 Å². The Balaban J connectivity index is 2.36. The van der Waals surface area contributed by atoms with Crippen LogP contribution in [0.4, 0.5) is 0 Å². The zero-order valence-electron chi connectivity index (χ0n) is 12.0. The molecule has 0 atom stereocenters. The van der Waals surface area contributed by atoms with Crippen LogP contribution in [0.25, 0.3) is 0 Å². The Morgan fingerprint density at radius 2 is 1.85 bits per heavy atom. The quantitative estimate of drug-likeness (QED) is 0.703. The van der Waals surface area contributed by atoms with Crippen LogP contribution in [0.5, 0.6) is 0 Å². The summed E-state index contributed by atoms with van der Waals surface area (Å²) in [6, 6.07) is 1.50. The molecule has 0 aliphatic rings. The largest absolute Gasteiger partial charge is 0.469 e. The van der Waals surface area contributed by atoms with Crippen molar-refractivity contribution in [3.05, 3.63) is 23.7 Å². The highest BCUT2D eigenvalue weighted by molar-refractivity contribution is 5.96. The zero-order chi connectivity index (χ0) is 15.3. The lowest BCUT2D eigenvalue weighted by Crippen LogP contribution is -2.47. The molecule has 7 nitrogen and oxygen atoms in total. The van der Waals surface area contributed by atoms with Gasteiger partial charge in [0, 0.05) is 5.41 Å². The molecule has 0 saturated heterocycles. The maximum atomic E-state index is 11.7. The lowest BCUT2D eigenvalue weighted by atomic mass is 9.96. The third-order valence-corrected chi connectivity index (χ3v) is 2.51. The van der Waals surface area contributed by atoms with Gasteiger partial charge in [-0.15, -0.1) is 0 Å². The minimum atomic E-state index is -0.572. The van der Waals surface area contributed by atoms with Crippen LogP contribution >= 0.6 is 0 Å². The van der Waals surface area contributed by atoms with Crippen molar-refractivity contribution in [3.8, 4) is 0 Å². The third kappa shape index (κ3) is 4.42. The molecule has 1 rings (SSSR count). The zero-order valence-corrected chi connectivity index (χ0v) is 12.0. The van der Waals surface area contributed by atoms with E-state index in [9.17, 15) is 14.4 Å². The van der Waals surface area contributed by atoms with Gasteiger partial charge >= 0.3 is 0 Å². The van der Waals surface area contributed by atoms with Crippen molar-refractivity contribution >= 4 is 17.7 Å².